The SMILES string of the molecule is C=COc1ccc(C(/C=C/c2ccc(-c3cccnc3)cc2)c2csc(N)[nH+]2)cc1. The van der Waals surface area contributed by atoms with Crippen LogP contribution >= 0.6 is 11.3 Å². The van der Waals surface area contributed by atoms with Gasteiger partial charge in [-0.15, -0.1) is 0 Å². The molecule has 4 nitrogen and oxygen atoms in total. The zero-order valence-corrected chi connectivity index (χ0v) is 17.2. The second-order valence-corrected chi connectivity index (χ2v) is 7.65. The molecule has 5 heteroatoms. The predicted molar refractivity (Wildman–Crippen MR) is 123 cm³/mol. The Balaban J connectivity index is 1.60. The number of benzene rings is 2. The molecule has 1 unspecified atom stereocenters. The van der Waals surface area contributed by atoms with Crippen LogP contribution in [0.4, 0.5) is 5.13 Å². The number of nitrogens with one attached hydrogen (secondary N) is 1. The molecule has 148 valence electrons. The molecule has 0 spiro atoms. The first kappa shape index (κ1) is 19.6. The molecule has 0 aliphatic carbocycles. The van der Waals surface area contributed by atoms with E-state index in [4.69, 9.17) is 10.5 Å². The molecule has 2 aromatic heterocycles. The van der Waals surface area contributed by atoms with Crippen molar-refractivity contribution in [3.8, 4) is 16.9 Å². The summed E-state index contributed by atoms with van der Waals surface area (Å²) in [5.41, 5.74) is 11.5. The maximum Gasteiger partial charge on any atom is 0.329 e. The number of rotatable bonds is 7. The molecule has 0 saturated heterocycles. The number of aromatic nitrogens is 2. The van der Waals surface area contributed by atoms with Gasteiger partial charge < -0.3 is 4.74 Å². The van der Waals surface area contributed by atoms with Crippen LogP contribution in [0.15, 0.2) is 97.4 Å². The molecule has 0 aliphatic rings. The summed E-state index contributed by atoms with van der Waals surface area (Å²) >= 11 is 1.50. The number of pyridine rings is 1. The fourth-order valence-corrected chi connectivity index (χ4v) is 3.89. The van der Waals surface area contributed by atoms with Crippen LogP contribution in [-0.2, 0) is 0 Å². The second kappa shape index (κ2) is 9.20. The standard InChI is InChI=1S/C25H21N3OS/c1-2-29-22-12-10-20(11-13-22)23(24-17-30-25(26)28-24)14-7-18-5-8-19(9-6-18)21-4-3-15-27-16-21/h2-17,23H,1H2,(H2,26,28)/p+1/b14-7+. The number of nitrogen functional groups attached to an aromatic ring is 1. The first-order chi connectivity index (χ1) is 14.7. The van der Waals surface area contributed by atoms with Crippen LogP contribution in [0.2, 0.25) is 0 Å². The number of nitrogens with two attached hydrogens (primary N) is 1. The Bertz CT molecular complexity index is 1130. The maximum absolute atomic E-state index is 5.94. The minimum atomic E-state index is 0.0503. The molecule has 4 aromatic rings. The van der Waals surface area contributed by atoms with Crippen molar-refractivity contribution >= 4 is 22.5 Å². The van der Waals surface area contributed by atoms with E-state index in [-0.39, 0.29) is 5.92 Å². The van der Waals surface area contributed by atoms with E-state index in [1.54, 1.807) is 6.20 Å². The zero-order chi connectivity index (χ0) is 20.8. The third-order valence-electron chi connectivity index (χ3n) is 4.76. The van der Waals surface area contributed by atoms with Crippen molar-refractivity contribution in [2.45, 2.75) is 5.92 Å². The lowest BCUT2D eigenvalue weighted by molar-refractivity contribution is -0.367. The van der Waals surface area contributed by atoms with Crippen molar-refractivity contribution in [1.29, 1.82) is 0 Å². The summed E-state index contributed by atoms with van der Waals surface area (Å²) in [6, 6.07) is 20.5. The summed E-state index contributed by atoms with van der Waals surface area (Å²) in [4.78, 5) is 7.46. The predicted octanol–water partition coefficient (Wildman–Crippen LogP) is 5.57. The monoisotopic (exact) mass is 412 g/mol. The van der Waals surface area contributed by atoms with Gasteiger partial charge in [0.25, 0.3) is 0 Å². The second-order valence-electron chi connectivity index (χ2n) is 6.73. The third-order valence-corrected chi connectivity index (χ3v) is 5.49. The smallest absolute Gasteiger partial charge is 0.329 e. The summed E-state index contributed by atoms with van der Waals surface area (Å²) in [5, 5.41) is 2.75. The molecule has 1 atom stereocenters. The fourth-order valence-electron chi connectivity index (χ4n) is 3.25. The van der Waals surface area contributed by atoms with Crippen molar-refractivity contribution in [1.82, 2.24) is 4.98 Å². The van der Waals surface area contributed by atoms with Gasteiger partial charge >= 0.3 is 5.13 Å². The number of anilines is 1. The van der Waals surface area contributed by atoms with Gasteiger partial charge in [-0.05, 0) is 40.5 Å². The summed E-state index contributed by atoms with van der Waals surface area (Å²) in [6.45, 7) is 3.60. The molecule has 0 bridgehead atoms. The number of hydrogen-bond acceptors (Lipinski definition) is 4. The Morgan fingerprint density at radius 3 is 2.47 bits per heavy atom. The van der Waals surface area contributed by atoms with Gasteiger partial charge in [0, 0.05) is 17.8 Å². The molecule has 2 aromatic carbocycles. The highest BCUT2D eigenvalue weighted by Gasteiger charge is 2.17. The van der Waals surface area contributed by atoms with Crippen LogP contribution in [-0.4, -0.2) is 4.98 Å². The van der Waals surface area contributed by atoms with Crippen molar-refractivity contribution in [2.75, 3.05) is 5.73 Å². The van der Waals surface area contributed by atoms with E-state index in [9.17, 15) is 0 Å². The average molecular weight is 413 g/mol. The summed E-state index contributed by atoms with van der Waals surface area (Å²) < 4.78 is 5.34. The van der Waals surface area contributed by atoms with E-state index in [0.717, 1.165) is 33.7 Å². The van der Waals surface area contributed by atoms with E-state index >= 15 is 0 Å². The molecular formula is C25H22N3OS+. The Morgan fingerprint density at radius 1 is 1.03 bits per heavy atom. The van der Waals surface area contributed by atoms with E-state index in [1.165, 1.54) is 17.6 Å². The first-order valence-corrected chi connectivity index (χ1v) is 10.4. The van der Waals surface area contributed by atoms with Crippen molar-refractivity contribution < 1.29 is 9.72 Å². The Hall–Kier alpha value is -3.70. The van der Waals surface area contributed by atoms with E-state index in [1.807, 2.05) is 24.4 Å². The minimum absolute atomic E-state index is 0.0503. The highest BCUT2D eigenvalue weighted by atomic mass is 32.1. The maximum atomic E-state index is 5.94. The molecular weight excluding hydrogens is 390 g/mol. The normalized spacial score (nSPS) is 12.0. The quantitative estimate of drug-likeness (QED) is 0.403. The van der Waals surface area contributed by atoms with Gasteiger partial charge in [-0.3, -0.25) is 10.7 Å². The fraction of sp³-hybridized carbons (Fsp3) is 0.0400. The molecule has 0 aliphatic heterocycles. The number of aromatic amines is 1. The van der Waals surface area contributed by atoms with Crippen molar-refractivity contribution in [3.05, 3.63) is 114 Å². The molecule has 2 heterocycles. The number of hydrogen-bond donors (Lipinski definition) is 1. The van der Waals surface area contributed by atoms with Gasteiger partial charge in [-0.2, -0.15) is 0 Å². The van der Waals surface area contributed by atoms with Crippen LogP contribution in [0, 0.1) is 0 Å². The molecule has 0 fully saturated rings. The molecule has 0 amide bonds. The third kappa shape index (κ3) is 4.64. The molecule has 4 rings (SSSR count). The van der Waals surface area contributed by atoms with Gasteiger partial charge in [0.2, 0.25) is 0 Å². The van der Waals surface area contributed by atoms with Gasteiger partial charge in [0.05, 0.1) is 12.2 Å². The van der Waals surface area contributed by atoms with Gasteiger partial charge in [0.1, 0.15) is 11.4 Å². The highest BCUT2D eigenvalue weighted by Crippen LogP contribution is 2.28. The van der Waals surface area contributed by atoms with Crippen LogP contribution in [0.3, 0.4) is 0 Å². The van der Waals surface area contributed by atoms with Gasteiger partial charge in [-0.25, -0.2) is 4.98 Å². The van der Waals surface area contributed by atoms with Crippen LogP contribution in [0.5, 0.6) is 5.75 Å². The molecule has 3 N–H and O–H groups in total. The summed E-state index contributed by atoms with van der Waals surface area (Å²) in [7, 11) is 0. The lowest BCUT2D eigenvalue weighted by atomic mass is 9.95. The van der Waals surface area contributed by atoms with E-state index < -0.39 is 0 Å². The highest BCUT2D eigenvalue weighted by molar-refractivity contribution is 7.13. The molecule has 30 heavy (non-hydrogen) atoms. The number of allylic oxidation sites excluding steroid dienone is 1. The van der Waals surface area contributed by atoms with E-state index in [0.29, 0.717) is 5.13 Å². The Kier molecular flexibility index (Phi) is 6.01. The van der Waals surface area contributed by atoms with Crippen LogP contribution in [0.1, 0.15) is 22.7 Å². The van der Waals surface area contributed by atoms with Gasteiger partial charge in [0.15, 0.2) is 0 Å². The van der Waals surface area contributed by atoms with E-state index in [2.05, 4.69) is 76.5 Å². The summed E-state index contributed by atoms with van der Waals surface area (Å²) in [6.07, 6.45) is 9.39. The number of ether oxygens (including phenoxy) is 1. The molecule has 0 radical (unpaired) electrons. The lowest BCUT2D eigenvalue weighted by Gasteiger charge is -2.11. The molecule has 0 saturated carbocycles. The minimum Gasteiger partial charge on any atom is -0.466 e. The number of nitrogens with zero attached hydrogens (tertiary/aromatic N) is 1. The Labute approximate surface area is 180 Å². The topological polar surface area (TPSA) is 62.3 Å². The lowest BCUT2D eigenvalue weighted by Crippen LogP contribution is -2.14. The summed E-state index contributed by atoms with van der Waals surface area (Å²) in [5.74, 6) is 0.811. The van der Waals surface area contributed by atoms with Crippen molar-refractivity contribution in [3.63, 3.8) is 0 Å². The van der Waals surface area contributed by atoms with Crippen LogP contribution in [0.25, 0.3) is 17.2 Å². The van der Waals surface area contributed by atoms with Crippen LogP contribution < -0.4 is 15.5 Å². The number of H-pyrrole nitrogens is 1. The van der Waals surface area contributed by atoms with Gasteiger partial charge in [-0.1, -0.05) is 72.5 Å². The zero-order valence-electron chi connectivity index (χ0n) is 16.4. The average Bonchev–Trinajstić information content (AvgIpc) is 3.22. The Morgan fingerprint density at radius 2 is 1.83 bits per heavy atom. The largest absolute Gasteiger partial charge is 0.466 e. The first-order valence-electron chi connectivity index (χ1n) is 9.55. The number of thiazole rings is 1. The van der Waals surface area contributed by atoms with Crippen molar-refractivity contribution in [2.24, 2.45) is 0 Å².